The Balaban J connectivity index is 1.56. The summed E-state index contributed by atoms with van der Waals surface area (Å²) >= 11 is 6.28. The third-order valence-electron chi connectivity index (χ3n) is 5.97. The van der Waals surface area contributed by atoms with Crippen LogP contribution < -0.4 is 10.5 Å². The SMILES string of the molecule is CCOC(=O)c1cccn1C1C(=O)N(Cc2ccc3c(C)cc(=O)oc3c2)c2ccc(Cl)cc21. The van der Waals surface area contributed by atoms with E-state index >= 15 is 0 Å². The van der Waals surface area contributed by atoms with E-state index in [9.17, 15) is 14.4 Å². The fourth-order valence-electron chi connectivity index (χ4n) is 4.47. The molecule has 2 aromatic carbocycles. The van der Waals surface area contributed by atoms with E-state index in [2.05, 4.69) is 0 Å². The van der Waals surface area contributed by atoms with Gasteiger partial charge in [0.25, 0.3) is 5.91 Å². The summed E-state index contributed by atoms with van der Waals surface area (Å²) in [4.78, 5) is 39.7. The van der Waals surface area contributed by atoms with Gasteiger partial charge in [-0.2, -0.15) is 0 Å². The van der Waals surface area contributed by atoms with Crippen molar-refractivity contribution in [2.75, 3.05) is 11.5 Å². The number of aryl methyl sites for hydroxylation is 1. The second kappa shape index (κ2) is 8.50. The molecule has 0 fully saturated rings. The van der Waals surface area contributed by atoms with Crippen molar-refractivity contribution in [1.82, 2.24) is 4.57 Å². The highest BCUT2D eigenvalue weighted by atomic mass is 35.5. The highest BCUT2D eigenvalue weighted by molar-refractivity contribution is 6.31. The molecule has 1 aliphatic rings. The minimum atomic E-state index is -0.760. The van der Waals surface area contributed by atoms with E-state index in [1.54, 1.807) is 59.0 Å². The van der Waals surface area contributed by atoms with Crippen LogP contribution in [0.3, 0.4) is 0 Å². The highest BCUT2D eigenvalue weighted by Gasteiger charge is 2.40. The van der Waals surface area contributed by atoms with Crippen LogP contribution in [0.4, 0.5) is 5.69 Å². The van der Waals surface area contributed by atoms with Crippen LogP contribution in [-0.2, 0) is 16.1 Å². The molecule has 0 spiro atoms. The molecule has 4 aromatic rings. The van der Waals surface area contributed by atoms with Crippen molar-refractivity contribution in [3.05, 3.63) is 98.6 Å². The molecule has 0 bridgehead atoms. The number of amides is 1. The molecule has 0 N–H and O–H groups in total. The van der Waals surface area contributed by atoms with Crippen LogP contribution >= 0.6 is 11.6 Å². The van der Waals surface area contributed by atoms with Crippen LogP contribution in [0.5, 0.6) is 0 Å². The molecule has 1 aliphatic heterocycles. The first-order valence-corrected chi connectivity index (χ1v) is 11.2. The maximum absolute atomic E-state index is 13.7. The fourth-order valence-corrected chi connectivity index (χ4v) is 4.65. The molecule has 5 rings (SSSR count). The van der Waals surface area contributed by atoms with Gasteiger partial charge < -0.3 is 18.6 Å². The number of nitrogens with zero attached hydrogens (tertiary/aromatic N) is 2. The Morgan fingerprint density at radius 3 is 2.74 bits per heavy atom. The van der Waals surface area contributed by atoms with Crippen molar-refractivity contribution < 1.29 is 18.7 Å². The summed E-state index contributed by atoms with van der Waals surface area (Å²) in [7, 11) is 0. The summed E-state index contributed by atoms with van der Waals surface area (Å²) < 4.78 is 12.2. The van der Waals surface area contributed by atoms with Crippen LogP contribution in [0.15, 0.2) is 70.0 Å². The number of aromatic nitrogens is 1. The number of ether oxygens (including phenoxy) is 1. The first-order valence-electron chi connectivity index (χ1n) is 10.9. The van der Waals surface area contributed by atoms with E-state index in [0.717, 1.165) is 16.5 Å². The Labute approximate surface area is 200 Å². The quantitative estimate of drug-likeness (QED) is 0.303. The molecular weight excluding hydrogens is 456 g/mol. The zero-order chi connectivity index (χ0) is 24.0. The number of hydrogen-bond acceptors (Lipinski definition) is 5. The number of benzene rings is 2. The van der Waals surface area contributed by atoms with Gasteiger partial charge in [0, 0.05) is 28.2 Å². The van der Waals surface area contributed by atoms with E-state index in [4.69, 9.17) is 20.8 Å². The van der Waals surface area contributed by atoms with Crippen LogP contribution in [0.25, 0.3) is 11.0 Å². The summed E-state index contributed by atoms with van der Waals surface area (Å²) in [5.74, 6) is -0.702. The average Bonchev–Trinajstić information content (AvgIpc) is 3.36. The van der Waals surface area contributed by atoms with Crippen LogP contribution in [-0.4, -0.2) is 23.1 Å². The third-order valence-corrected chi connectivity index (χ3v) is 6.21. The Morgan fingerprint density at radius 1 is 1.12 bits per heavy atom. The summed E-state index contributed by atoms with van der Waals surface area (Å²) in [6.07, 6.45) is 1.69. The van der Waals surface area contributed by atoms with Crippen molar-refractivity contribution >= 4 is 40.1 Å². The number of carbonyl (C=O) groups is 2. The van der Waals surface area contributed by atoms with Gasteiger partial charge >= 0.3 is 11.6 Å². The van der Waals surface area contributed by atoms with E-state index < -0.39 is 17.6 Å². The van der Waals surface area contributed by atoms with Crippen LogP contribution in [0.1, 0.15) is 40.1 Å². The zero-order valence-corrected chi connectivity index (χ0v) is 19.3. The van der Waals surface area contributed by atoms with Gasteiger partial charge in [0.1, 0.15) is 17.3 Å². The minimum absolute atomic E-state index is 0.204. The monoisotopic (exact) mass is 476 g/mol. The van der Waals surface area contributed by atoms with Gasteiger partial charge in [-0.05, 0) is 61.4 Å². The lowest BCUT2D eigenvalue weighted by Crippen LogP contribution is -2.31. The normalized spacial score (nSPS) is 15.1. The van der Waals surface area contributed by atoms with Gasteiger partial charge in [-0.3, -0.25) is 4.79 Å². The average molecular weight is 477 g/mol. The molecule has 1 atom stereocenters. The predicted octanol–water partition coefficient (Wildman–Crippen LogP) is 4.87. The minimum Gasteiger partial charge on any atom is -0.461 e. The summed E-state index contributed by atoms with van der Waals surface area (Å²) in [5, 5.41) is 1.33. The van der Waals surface area contributed by atoms with Crippen molar-refractivity contribution in [3.8, 4) is 0 Å². The number of hydrogen-bond donors (Lipinski definition) is 0. The van der Waals surface area contributed by atoms with E-state index in [1.165, 1.54) is 6.07 Å². The molecule has 0 saturated heterocycles. The Bertz CT molecular complexity index is 1500. The number of fused-ring (bicyclic) bond motifs is 2. The predicted molar refractivity (Wildman–Crippen MR) is 128 cm³/mol. The summed E-state index contributed by atoms with van der Waals surface area (Å²) in [6, 6.07) is 14.9. The van der Waals surface area contributed by atoms with E-state index in [-0.39, 0.29) is 24.8 Å². The van der Waals surface area contributed by atoms with Crippen LogP contribution in [0.2, 0.25) is 5.02 Å². The zero-order valence-electron chi connectivity index (χ0n) is 18.6. The lowest BCUT2D eigenvalue weighted by Gasteiger charge is -2.19. The van der Waals surface area contributed by atoms with E-state index in [0.29, 0.717) is 21.9 Å². The number of anilines is 1. The maximum Gasteiger partial charge on any atom is 0.354 e. The van der Waals surface area contributed by atoms with Gasteiger partial charge in [-0.15, -0.1) is 0 Å². The molecule has 0 saturated carbocycles. The molecule has 34 heavy (non-hydrogen) atoms. The smallest absolute Gasteiger partial charge is 0.354 e. The molecule has 7 nitrogen and oxygen atoms in total. The maximum atomic E-state index is 13.7. The number of halogens is 1. The lowest BCUT2D eigenvalue weighted by molar-refractivity contribution is -0.120. The Kier molecular flexibility index (Phi) is 5.49. The molecule has 0 radical (unpaired) electrons. The lowest BCUT2D eigenvalue weighted by atomic mass is 10.1. The fraction of sp³-hybridized carbons (Fsp3) is 0.192. The number of rotatable bonds is 5. The molecule has 2 aromatic heterocycles. The molecule has 8 heteroatoms. The van der Waals surface area contributed by atoms with E-state index in [1.807, 2.05) is 19.1 Å². The molecule has 1 amide bonds. The standard InChI is InChI=1S/C26H21ClN2O5/c1-3-33-26(32)21-5-4-10-28(21)24-19-13-17(27)7-9-20(19)29(25(24)31)14-16-6-8-18-15(2)11-23(30)34-22(18)12-16/h4-13,24H,3,14H2,1-2H3. The first-order chi connectivity index (χ1) is 16.4. The number of esters is 1. The summed E-state index contributed by atoms with van der Waals surface area (Å²) in [6.45, 7) is 4.07. The van der Waals surface area contributed by atoms with Gasteiger partial charge in [0.2, 0.25) is 0 Å². The van der Waals surface area contributed by atoms with Crippen molar-refractivity contribution in [2.24, 2.45) is 0 Å². The van der Waals surface area contributed by atoms with Gasteiger partial charge in [-0.1, -0.05) is 23.7 Å². The molecule has 172 valence electrons. The largest absolute Gasteiger partial charge is 0.461 e. The molecule has 1 unspecified atom stereocenters. The van der Waals surface area contributed by atoms with Gasteiger partial charge in [0.05, 0.1) is 18.8 Å². The second-order valence-electron chi connectivity index (χ2n) is 8.13. The topological polar surface area (TPSA) is 81.8 Å². The molecular formula is C26H21ClN2O5. The Hall–Kier alpha value is -3.84. The molecule has 3 heterocycles. The van der Waals surface area contributed by atoms with Crippen molar-refractivity contribution in [2.45, 2.75) is 26.4 Å². The highest BCUT2D eigenvalue weighted by Crippen LogP contribution is 2.41. The van der Waals surface area contributed by atoms with Gasteiger partial charge in [-0.25, -0.2) is 9.59 Å². The molecule has 0 aliphatic carbocycles. The Morgan fingerprint density at radius 2 is 1.94 bits per heavy atom. The van der Waals surface area contributed by atoms with Crippen molar-refractivity contribution in [1.29, 1.82) is 0 Å². The second-order valence-corrected chi connectivity index (χ2v) is 8.57. The number of carbonyl (C=O) groups excluding carboxylic acids is 2. The summed E-state index contributed by atoms with van der Waals surface area (Å²) in [5.41, 5.74) is 3.37. The van der Waals surface area contributed by atoms with Crippen LogP contribution in [0, 0.1) is 6.92 Å². The first kappa shape index (κ1) is 22.0. The third kappa shape index (κ3) is 3.68. The van der Waals surface area contributed by atoms with Gasteiger partial charge in [0.15, 0.2) is 0 Å². The van der Waals surface area contributed by atoms with Crippen molar-refractivity contribution in [3.63, 3.8) is 0 Å².